The van der Waals surface area contributed by atoms with E-state index in [9.17, 15) is 0 Å². The van der Waals surface area contributed by atoms with E-state index < -0.39 is 0 Å². The Morgan fingerprint density at radius 2 is 2.00 bits per heavy atom. The van der Waals surface area contributed by atoms with Crippen molar-refractivity contribution in [2.45, 2.75) is 51.7 Å². The van der Waals surface area contributed by atoms with Gasteiger partial charge in [-0.1, -0.05) is 6.92 Å². The number of nitrogen functional groups attached to an aromatic ring is 1. The summed E-state index contributed by atoms with van der Waals surface area (Å²) in [6.07, 6.45) is 4.75. The summed E-state index contributed by atoms with van der Waals surface area (Å²) in [6, 6.07) is 0.353. The van der Waals surface area contributed by atoms with Crippen LogP contribution >= 0.6 is 0 Å². The largest absolute Gasteiger partial charge is 0.376 e. The molecule has 2 heterocycles. The average molecular weight is 277 g/mol. The molecule has 2 atom stereocenters. The Morgan fingerprint density at radius 3 is 2.65 bits per heavy atom. The Balaban J connectivity index is 1.82. The van der Waals surface area contributed by atoms with Crippen LogP contribution in [0.2, 0.25) is 0 Å². The van der Waals surface area contributed by atoms with Crippen molar-refractivity contribution >= 4 is 11.6 Å². The summed E-state index contributed by atoms with van der Waals surface area (Å²) >= 11 is 0. The maximum absolute atomic E-state index is 5.87. The van der Waals surface area contributed by atoms with Crippen molar-refractivity contribution in [3.63, 3.8) is 0 Å². The predicted octanol–water partition coefficient (Wildman–Crippen LogP) is 1.61. The zero-order valence-corrected chi connectivity index (χ0v) is 12.1. The first kappa shape index (κ1) is 13.6. The van der Waals surface area contributed by atoms with E-state index in [1.54, 1.807) is 0 Å². The molecule has 6 nitrogen and oxygen atoms in total. The maximum Gasteiger partial charge on any atom is 0.148 e. The first-order valence-electron chi connectivity index (χ1n) is 7.45. The molecule has 0 amide bonds. The number of hydrogen-bond acceptors (Lipinski definition) is 6. The summed E-state index contributed by atoms with van der Waals surface area (Å²) in [4.78, 5) is 9.00. The Hall–Kier alpha value is -1.40. The molecular weight excluding hydrogens is 254 g/mol. The van der Waals surface area contributed by atoms with E-state index >= 15 is 0 Å². The van der Waals surface area contributed by atoms with E-state index in [2.05, 4.69) is 20.7 Å². The van der Waals surface area contributed by atoms with Gasteiger partial charge in [-0.25, -0.2) is 15.8 Å². The number of anilines is 2. The van der Waals surface area contributed by atoms with Crippen molar-refractivity contribution in [2.24, 2.45) is 11.8 Å². The van der Waals surface area contributed by atoms with Gasteiger partial charge in [-0.3, -0.25) is 0 Å². The minimum atomic E-state index is 0.337. The van der Waals surface area contributed by atoms with Crippen molar-refractivity contribution in [1.29, 1.82) is 0 Å². The van der Waals surface area contributed by atoms with Crippen molar-refractivity contribution in [2.75, 3.05) is 17.3 Å². The fourth-order valence-corrected chi connectivity index (χ4v) is 2.83. The number of aryl methyl sites for hydroxylation is 1. The molecule has 0 spiro atoms. The van der Waals surface area contributed by atoms with Crippen molar-refractivity contribution in [3.05, 3.63) is 11.4 Å². The van der Waals surface area contributed by atoms with Crippen LogP contribution in [-0.2, 0) is 11.2 Å². The summed E-state index contributed by atoms with van der Waals surface area (Å²) in [5, 5.41) is 3.56. The number of nitrogens with two attached hydrogens (primary N) is 1. The number of hydrazine groups is 1. The van der Waals surface area contributed by atoms with Gasteiger partial charge in [0.1, 0.15) is 17.5 Å². The van der Waals surface area contributed by atoms with Gasteiger partial charge >= 0.3 is 0 Å². The third-order valence-corrected chi connectivity index (χ3v) is 4.19. The van der Waals surface area contributed by atoms with Crippen molar-refractivity contribution < 1.29 is 4.74 Å². The second-order valence-electron chi connectivity index (χ2n) is 5.67. The zero-order chi connectivity index (χ0) is 14.1. The summed E-state index contributed by atoms with van der Waals surface area (Å²) < 4.78 is 5.87. The molecule has 0 aromatic carbocycles. The van der Waals surface area contributed by atoms with Gasteiger partial charge in [0, 0.05) is 18.6 Å². The Labute approximate surface area is 119 Å². The summed E-state index contributed by atoms with van der Waals surface area (Å²) in [5.74, 6) is 8.65. The number of ether oxygens (including phenoxy) is 1. The first-order valence-corrected chi connectivity index (χ1v) is 7.45. The maximum atomic E-state index is 5.87. The third kappa shape index (κ3) is 2.58. The van der Waals surface area contributed by atoms with Gasteiger partial charge in [-0.05, 0) is 32.1 Å². The normalized spacial score (nSPS) is 25.8. The molecule has 0 radical (unpaired) electrons. The highest BCUT2D eigenvalue weighted by molar-refractivity contribution is 5.57. The fraction of sp³-hybridized carbons (Fsp3) is 0.714. The summed E-state index contributed by atoms with van der Waals surface area (Å²) in [7, 11) is 0. The molecule has 1 aliphatic carbocycles. The van der Waals surface area contributed by atoms with Crippen LogP contribution in [0.5, 0.6) is 0 Å². The van der Waals surface area contributed by atoms with E-state index in [0.717, 1.165) is 42.6 Å². The Morgan fingerprint density at radius 1 is 1.25 bits per heavy atom. The zero-order valence-electron chi connectivity index (χ0n) is 12.1. The van der Waals surface area contributed by atoms with Crippen LogP contribution in [0.4, 0.5) is 11.6 Å². The molecule has 1 saturated carbocycles. The second kappa shape index (κ2) is 5.54. The monoisotopic (exact) mass is 277 g/mol. The lowest BCUT2D eigenvalue weighted by Crippen LogP contribution is -2.32. The van der Waals surface area contributed by atoms with Crippen LogP contribution in [0.15, 0.2) is 0 Å². The summed E-state index contributed by atoms with van der Waals surface area (Å²) in [5.41, 5.74) is 3.62. The highest BCUT2D eigenvalue weighted by atomic mass is 16.5. The number of rotatable bonds is 5. The lowest BCUT2D eigenvalue weighted by Gasteiger charge is -2.22. The lowest BCUT2D eigenvalue weighted by molar-refractivity contribution is 0.0898. The molecule has 1 saturated heterocycles. The molecule has 1 aliphatic heterocycles. The van der Waals surface area contributed by atoms with E-state index in [-0.39, 0.29) is 0 Å². The lowest BCUT2D eigenvalue weighted by atomic mass is 10.1. The minimum absolute atomic E-state index is 0.337. The van der Waals surface area contributed by atoms with E-state index in [1.807, 2.05) is 13.8 Å². The second-order valence-corrected chi connectivity index (χ2v) is 5.67. The molecule has 2 aliphatic rings. The molecule has 2 unspecified atom stereocenters. The van der Waals surface area contributed by atoms with Gasteiger partial charge in [0.15, 0.2) is 0 Å². The van der Waals surface area contributed by atoms with Crippen molar-refractivity contribution in [1.82, 2.24) is 9.97 Å². The molecule has 110 valence electrons. The van der Waals surface area contributed by atoms with E-state index in [1.165, 1.54) is 12.8 Å². The SMILES string of the molecule is CCc1nc(NN)c(C)c(NC2CCOC2C2CC2)n1. The van der Waals surface area contributed by atoms with Crippen LogP contribution in [0.25, 0.3) is 0 Å². The average Bonchev–Trinajstić information content (AvgIpc) is 3.21. The van der Waals surface area contributed by atoms with E-state index in [0.29, 0.717) is 18.0 Å². The van der Waals surface area contributed by atoms with Gasteiger partial charge in [0.25, 0.3) is 0 Å². The van der Waals surface area contributed by atoms with Gasteiger partial charge in [0.2, 0.25) is 0 Å². The Bertz CT molecular complexity index is 489. The molecular formula is C14H23N5O. The van der Waals surface area contributed by atoms with Gasteiger partial charge in [-0.2, -0.15) is 0 Å². The van der Waals surface area contributed by atoms with Gasteiger partial charge in [-0.15, -0.1) is 0 Å². The molecule has 20 heavy (non-hydrogen) atoms. The quantitative estimate of drug-likeness (QED) is 0.560. The van der Waals surface area contributed by atoms with Crippen LogP contribution in [-0.4, -0.2) is 28.7 Å². The van der Waals surface area contributed by atoms with Crippen LogP contribution < -0.4 is 16.6 Å². The highest BCUT2D eigenvalue weighted by Crippen LogP contribution is 2.39. The highest BCUT2D eigenvalue weighted by Gasteiger charge is 2.40. The van der Waals surface area contributed by atoms with Crippen LogP contribution in [0, 0.1) is 12.8 Å². The van der Waals surface area contributed by atoms with Gasteiger partial charge in [0.05, 0.1) is 12.1 Å². The number of aromatic nitrogens is 2. The standard InChI is InChI=1S/C14H23N5O/c1-3-11-17-13(8(2)14(18-11)19-15)16-10-6-7-20-12(10)9-4-5-9/h9-10,12H,3-7,15H2,1-2H3,(H2,16,17,18,19). The predicted molar refractivity (Wildman–Crippen MR) is 78.4 cm³/mol. The van der Waals surface area contributed by atoms with Crippen LogP contribution in [0.3, 0.4) is 0 Å². The molecule has 3 rings (SSSR count). The third-order valence-electron chi connectivity index (χ3n) is 4.19. The van der Waals surface area contributed by atoms with E-state index in [4.69, 9.17) is 10.6 Å². The minimum Gasteiger partial charge on any atom is -0.376 e. The molecule has 1 aromatic rings. The molecule has 0 bridgehead atoms. The number of nitrogens with one attached hydrogen (secondary N) is 2. The fourth-order valence-electron chi connectivity index (χ4n) is 2.83. The number of hydrogen-bond donors (Lipinski definition) is 3. The van der Waals surface area contributed by atoms with Crippen molar-refractivity contribution in [3.8, 4) is 0 Å². The summed E-state index contributed by atoms with van der Waals surface area (Å²) in [6.45, 7) is 4.87. The van der Waals surface area contributed by atoms with Gasteiger partial charge < -0.3 is 15.5 Å². The molecule has 4 N–H and O–H groups in total. The Kier molecular flexibility index (Phi) is 3.76. The van der Waals surface area contributed by atoms with Crippen LogP contribution in [0.1, 0.15) is 37.6 Å². The molecule has 6 heteroatoms. The number of nitrogens with zero attached hydrogens (tertiary/aromatic N) is 2. The first-order chi connectivity index (χ1) is 9.72. The molecule has 2 fully saturated rings. The molecule has 1 aromatic heterocycles. The topological polar surface area (TPSA) is 85.1 Å². The smallest absolute Gasteiger partial charge is 0.148 e.